The lowest BCUT2D eigenvalue weighted by Gasteiger charge is -2.30. The van der Waals surface area contributed by atoms with E-state index in [0.29, 0.717) is 17.9 Å². The van der Waals surface area contributed by atoms with E-state index in [0.717, 1.165) is 42.0 Å². The van der Waals surface area contributed by atoms with E-state index in [4.69, 9.17) is 4.74 Å². The van der Waals surface area contributed by atoms with Gasteiger partial charge in [-0.25, -0.2) is 8.42 Å². The number of sulfonamides is 1. The van der Waals surface area contributed by atoms with Crippen LogP contribution in [0.4, 0.5) is 5.69 Å². The topological polar surface area (TPSA) is 96.0 Å². The summed E-state index contributed by atoms with van der Waals surface area (Å²) < 4.78 is 32.4. The molecule has 3 rings (SSSR count). The van der Waals surface area contributed by atoms with Gasteiger partial charge in [-0.1, -0.05) is 47.0 Å². The number of carbonyl (C=O) groups excluding carboxylic acids is 2. The Kier molecular flexibility index (Phi) is 10.4. The summed E-state index contributed by atoms with van der Waals surface area (Å²) in [6, 6.07) is 14.0. The molecule has 0 heterocycles. The first-order valence-electron chi connectivity index (χ1n) is 12.5. The highest BCUT2D eigenvalue weighted by Crippen LogP contribution is 2.24. The number of amides is 2. The molecular weight excluding hydrogens is 558 g/mol. The molecule has 0 saturated heterocycles. The average Bonchev–Trinajstić information content (AvgIpc) is 3.38. The van der Waals surface area contributed by atoms with Crippen molar-refractivity contribution < 1.29 is 22.7 Å². The first-order chi connectivity index (χ1) is 17.6. The van der Waals surface area contributed by atoms with Crippen LogP contribution in [0.2, 0.25) is 0 Å². The van der Waals surface area contributed by atoms with Crippen LogP contribution in [-0.2, 0) is 26.2 Å². The van der Waals surface area contributed by atoms with E-state index in [1.54, 1.807) is 36.1 Å². The zero-order valence-corrected chi connectivity index (χ0v) is 24.1. The van der Waals surface area contributed by atoms with Gasteiger partial charge in [-0.05, 0) is 56.0 Å². The van der Waals surface area contributed by atoms with Crippen LogP contribution in [0.15, 0.2) is 53.0 Å². The van der Waals surface area contributed by atoms with Crippen LogP contribution in [-0.4, -0.2) is 57.1 Å². The molecule has 2 amide bonds. The SMILES string of the molecule is COc1cccc(N(CCCC(=O)N(Cc2ccc(Br)cc2)C(C)C(=O)NC2CCCC2)S(C)(=O)=O)c1. The third-order valence-electron chi connectivity index (χ3n) is 6.63. The molecule has 202 valence electrons. The van der Waals surface area contributed by atoms with Crippen molar-refractivity contribution in [1.29, 1.82) is 0 Å². The van der Waals surface area contributed by atoms with E-state index in [1.165, 1.54) is 11.4 Å². The third-order valence-corrected chi connectivity index (χ3v) is 8.35. The molecule has 1 N–H and O–H groups in total. The second-order valence-corrected chi connectivity index (χ2v) is 12.3. The van der Waals surface area contributed by atoms with Crippen LogP contribution in [0.5, 0.6) is 5.75 Å². The summed E-state index contributed by atoms with van der Waals surface area (Å²) in [6.45, 7) is 2.17. The number of carbonyl (C=O) groups is 2. The maximum atomic E-state index is 13.4. The molecule has 0 aliphatic heterocycles. The van der Waals surface area contributed by atoms with Gasteiger partial charge in [0.1, 0.15) is 11.8 Å². The van der Waals surface area contributed by atoms with Gasteiger partial charge in [0.15, 0.2) is 0 Å². The maximum absolute atomic E-state index is 13.4. The molecular formula is C27H36BrN3O5S. The molecule has 2 aromatic rings. The largest absolute Gasteiger partial charge is 0.497 e. The molecule has 1 aliphatic carbocycles. The number of hydrogen-bond acceptors (Lipinski definition) is 5. The molecule has 37 heavy (non-hydrogen) atoms. The first kappa shape index (κ1) is 29.0. The summed E-state index contributed by atoms with van der Waals surface area (Å²) in [5.41, 5.74) is 1.39. The van der Waals surface area contributed by atoms with Gasteiger partial charge in [0.05, 0.1) is 19.1 Å². The quantitative estimate of drug-likeness (QED) is 0.391. The number of anilines is 1. The minimum Gasteiger partial charge on any atom is -0.497 e. The zero-order valence-electron chi connectivity index (χ0n) is 21.7. The smallest absolute Gasteiger partial charge is 0.242 e. The Morgan fingerprint density at radius 1 is 1.14 bits per heavy atom. The summed E-state index contributed by atoms with van der Waals surface area (Å²) in [5.74, 6) is 0.188. The highest BCUT2D eigenvalue weighted by molar-refractivity contribution is 9.10. The summed E-state index contributed by atoms with van der Waals surface area (Å²) in [5, 5.41) is 3.10. The zero-order chi connectivity index (χ0) is 27.0. The molecule has 8 nitrogen and oxygen atoms in total. The van der Waals surface area contributed by atoms with Crippen molar-refractivity contribution in [2.24, 2.45) is 0 Å². The van der Waals surface area contributed by atoms with Crippen molar-refractivity contribution in [3.63, 3.8) is 0 Å². The minimum atomic E-state index is -3.57. The van der Waals surface area contributed by atoms with Gasteiger partial charge in [0.2, 0.25) is 21.8 Å². The van der Waals surface area contributed by atoms with Gasteiger partial charge < -0.3 is 15.0 Å². The van der Waals surface area contributed by atoms with Crippen LogP contribution in [0, 0.1) is 0 Å². The molecule has 1 saturated carbocycles. The molecule has 2 aromatic carbocycles. The van der Waals surface area contributed by atoms with Crippen molar-refractivity contribution in [2.45, 2.75) is 64.1 Å². The molecule has 10 heteroatoms. The number of nitrogens with zero attached hydrogens (tertiary/aromatic N) is 2. The number of hydrogen-bond donors (Lipinski definition) is 1. The van der Waals surface area contributed by atoms with E-state index in [2.05, 4.69) is 21.2 Å². The summed E-state index contributed by atoms with van der Waals surface area (Å²) in [4.78, 5) is 28.0. The van der Waals surface area contributed by atoms with E-state index in [-0.39, 0.29) is 37.4 Å². The molecule has 1 fully saturated rings. The Bertz CT molecular complexity index is 1170. The van der Waals surface area contributed by atoms with E-state index >= 15 is 0 Å². The average molecular weight is 595 g/mol. The van der Waals surface area contributed by atoms with Crippen molar-refractivity contribution >= 4 is 43.5 Å². The van der Waals surface area contributed by atoms with Crippen LogP contribution >= 0.6 is 15.9 Å². The maximum Gasteiger partial charge on any atom is 0.242 e. The van der Waals surface area contributed by atoms with E-state index < -0.39 is 16.1 Å². The van der Waals surface area contributed by atoms with Crippen LogP contribution in [0.25, 0.3) is 0 Å². The fourth-order valence-electron chi connectivity index (χ4n) is 4.53. The van der Waals surface area contributed by atoms with Gasteiger partial charge in [0, 0.05) is 36.1 Å². The standard InChI is InChI=1S/C27H36BrN3O5S/c1-20(27(33)29-23-8-4-5-9-23)30(19-21-13-15-22(28)16-14-21)26(32)12-7-17-31(37(3,34)35)24-10-6-11-25(18-24)36-2/h6,10-11,13-16,18,20,23H,4-5,7-9,12,17,19H2,1-3H3,(H,29,33). The van der Waals surface area contributed by atoms with Gasteiger partial charge in [0.25, 0.3) is 0 Å². The Hall–Kier alpha value is -2.59. The lowest BCUT2D eigenvalue weighted by molar-refractivity contribution is -0.141. The van der Waals surface area contributed by atoms with E-state index in [9.17, 15) is 18.0 Å². The van der Waals surface area contributed by atoms with Crippen molar-refractivity contribution in [3.8, 4) is 5.75 Å². The normalized spacial score (nSPS) is 14.7. The van der Waals surface area contributed by atoms with Crippen molar-refractivity contribution in [2.75, 3.05) is 24.2 Å². The Morgan fingerprint density at radius 3 is 2.43 bits per heavy atom. The first-order valence-corrected chi connectivity index (χ1v) is 15.2. The summed E-state index contributed by atoms with van der Waals surface area (Å²) in [7, 11) is -2.05. The Balaban J connectivity index is 1.71. The Labute approximate surface area is 228 Å². The van der Waals surface area contributed by atoms with Crippen LogP contribution in [0.1, 0.15) is 51.0 Å². The van der Waals surface area contributed by atoms with E-state index in [1.807, 2.05) is 24.3 Å². The minimum absolute atomic E-state index is 0.105. The molecule has 1 aliphatic rings. The van der Waals surface area contributed by atoms with Crippen LogP contribution < -0.4 is 14.4 Å². The fourth-order valence-corrected chi connectivity index (χ4v) is 5.75. The van der Waals surface area contributed by atoms with Gasteiger partial charge >= 0.3 is 0 Å². The summed E-state index contributed by atoms with van der Waals surface area (Å²) >= 11 is 3.43. The van der Waals surface area contributed by atoms with Crippen molar-refractivity contribution in [3.05, 3.63) is 58.6 Å². The van der Waals surface area contributed by atoms with Crippen molar-refractivity contribution in [1.82, 2.24) is 10.2 Å². The highest BCUT2D eigenvalue weighted by atomic mass is 79.9. The molecule has 1 unspecified atom stereocenters. The molecule has 0 radical (unpaired) electrons. The molecule has 0 aromatic heterocycles. The van der Waals surface area contributed by atoms with Crippen LogP contribution in [0.3, 0.4) is 0 Å². The number of ether oxygens (including phenoxy) is 1. The number of nitrogens with one attached hydrogen (secondary N) is 1. The molecule has 0 spiro atoms. The monoisotopic (exact) mass is 593 g/mol. The second-order valence-electron chi connectivity index (χ2n) is 9.45. The summed E-state index contributed by atoms with van der Waals surface area (Å²) in [6.07, 6.45) is 5.68. The number of halogens is 1. The number of rotatable bonds is 12. The number of benzene rings is 2. The third kappa shape index (κ3) is 8.46. The predicted molar refractivity (Wildman–Crippen MR) is 149 cm³/mol. The number of methoxy groups -OCH3 is 1. The lowest BCUT2D eigenvalue weighted by Crippen LogP contribution is -2.49. The van der Waals surface area contributed by atoms with Gasteiger partial charge in [-0.3, -0.25) is 13.9 Å². The Morgan fingerprint density at radius 2 is 1.81 bits per heavy atom. The molecule has 0 bridgehead atoms. The lowest BCUT2D eigenvalue weighted by atomic mass is 10.1. The van der Waals surface area contributed by atoms with Gasteiger partial charge in [-0.2, -0.15) is 0 Å². The van der Waals surface area contributed by atoms with Gasteiger partial charge in [-0.15, -0.1) is 0 Å². The molecule has 1 atom stereocenters. The highest BCUT2D eigenvalue weighted by Gasteiger charge is 2.28. The predicted octanol–water partition coefficient (Wildman–Crippen LogP) is 4.48. The second kappa shape index (κ2) is 13.3. The fraction of sp³-hybridized carbons (Fsp3) is 0.481.